The standard InChI is InChI=1S/C25H24Br2N2O4/c1-3-31-23-13-18(10-11-22(23)33-16-17-8-6-5-7-9-17)25(30)29-28-15-19-12-20(26)14-21(27)24(19)32-4-2/h5-15H,3-4,16H2,1-2H3,(H,29,30)/b28-15+. The predicted octanol–water partition coefficient (Wildman–Crippen LogP) is 6.35. The normalized spacial score (nSPS) is 10.8. The minimum atomic E-state index is -0.367. The number of hydrogen-bond donors (Lipinski definition) is 1. The van der Waals surface area contributed by atoms with Crippen LogP contribution in [-0.2, 0) is 6.61 Å². The highest BCUT2D eigenvalue weighted by molar-refractivity contribution is 9.11. The number of amides is 1. The highest BCUT2D eigenvalue weighted by Crippen LogP contribution is 2.32. The van der Waals surface area contributed by atoms with Crippen molar-refractivity contribution in [3.8, 4) is 17.2 Å². The highest BCUT2D eigenvalue weighted by Gasteiger charge is 2.12. The first-order chi connectivity index (χ1) is 16.0. The predicted molar refractivity (Wildman–Crippen MR) is 136 cm³/mol. The molecule has 1 amide bonds. The van der Waals surface area contributed by atoms with E-state index in [4.69, 9.17) is 14.2 Å². The fourth-order valence-electron chi connectivity index (χ4n) is 2.97. The van der Waals surface area contributed by atoms with Crippen molar-refractivity contribution in [2.75, 3.05) is 13.2 Å². The van der Waals surface area contributed by atoms with Crippen molar-refractivity contribution in [3.63, 3.8) is 0 Å². The lowest BCUT2D eigenvalue weighted by atomic mass is 10.2. The number of halogens is 2. The van der Waals surface area contributed by atoms with Gasteiger partial charge in [0.25, 0.3) is 5.91 Å². The van der Waals surface area contributed by atoms with Crippen LogP contribution in [0.25, 0.3) is 0 Å². The molecule has 0 radical (unpaired) electrons. The van der Waals surface area contributed by atoms with Gasteiger partial charge in [-0.2, -0.15) is 5.10 Å². The molecule has 172 valence electrons. The fourth-order valence-corrected chi connectivity index (χ4v) is 4.34. The molecule has 3 rings (SSSR count). The van der Waals surface area contributed by atoms with E-state index in [-0.39, 0.29) is 5.91 Å². The molecule has 33 heavy (non-hydrogen) atoms. The molecule has 0 aliphatic carbocycles. The SMILES string of the molecule is CCOc1cc(C(=O)N/N=C/c2cc(Br)cc(Br)c2OCC)ccc1OCc1ccccc1. The minimum Gasteiger partial charge on any atom is -0.492 e. The molecule has 0 aromatic heterocycles. The van der Waals surface area contributed by atoms with Gasteiger partial charge in [0.15, 0.2) is 11.5 Å². The van der Waals surface area contributed by atoms with Gasteiger partial charge in [-0.3, -0.25) is 4.79 Å². The summed E-state index contributed by atoms with van der Waals surface area (Å²) in [7, 11) is 0. The molecule has 6 nitrogen and oxygen atoms in total. The molecule has 0 bridgehead atoms. The van der Waals surface area contributed by atoms with Crippen molar-refractivity contribution in [1.29, 1.82) is 0 Å². The van der Waals surface area contributed by atoms with Gasteiger partial charge in [0.05, 0.1) is 23.9 Å². The van der Waals surface area contributed by atoms with Crippen LogP contribution in [0.2, 0.25) is 0 Å². The summed E-state index contributed by atoms with van der Waals surface area (Å²) < 4.78 is 18.9. The van der Waals surface area contributed by atoms with E-state index >= 15 is 0 Å². The molecule has 0 saturated heterocycles. The summed E-state index contributed by atoms with van der Waals surface area (Å²) in [6.07, 6.45) is 1.54. The molecule has 0 fully saturated rings. The molecular weight excluding hydrogens is 552 g/mol. The molecule has 0 saturated carbocycles. The maximum atomic E-state index is 12.7. The van der Waals surface area contributed by atoms with Gasteiger partial charge in [0.1, 0.15) is 12.4 Å². The summed E-state index contributed by atoms with van der Waals surface area (Å²) in [5.74, 6) is 1.35. The van der Waals surface area contributed by atoms with E-state index in [2.05, 4.69) is 42.4 Å². The summed E-state index contributed by atoms with van der Waals surface area (Å²) in [4.78, 5) is 12.7. The van der Waals surface area contributed by atoms with E-state index in [1.165, 1.54) is 0 Å². The Balaban J connectivity index is 1.71. The van der Waals surface area contributed by atoms with Crippen molar-refractivity contribution in [1.82, 2.24) is 5.43 Å². The van der Waals surface area contributed by atoms with Gasteiger partial charge in [-0.15, -0.1) is 0 Å². The van der Waals surface area contributed by atoms with Crippen molar-refractivity contribution in [2.45, 2.75) is 20.5 Å². The molecule has 0 atom stereocenters. The Bertz CT molecular complexity index is 1120. The summed E-state index contributed by atoms with van der Waals surface area (Å²) >= 11 is 6.94. The fraction of sp³-hybridized carbons (Fsp3) is 0.200. The largest absolute Gasteiger partial charge is 0.492 e. The Morgan fingerprint density at radius 3 is 2.42 bits per heavy atom. The van der Waals surface area contributed by atoms with Crippen molar-refractivity contribution >= 4 is 44.0 Å². The first kappa shape index (κ1) is 24.8. The van der Waals surface area contributed by atoms with Crippen LogP contribution < -0.4 is 19.6 Å². The molecule has 3 aromatic carbocycles. The van der Waals surface area contributed by atoms with Crippen LogP contribution in [-0.4, -0.2) is 25.3 Å². The highest BCUT2D eigenvalue weighted by atomic mass is 79.9. The monoisotopic (exact) mass is 574 g/mol. The van der Waals surface area contributed by atoms with E-state index in [1.807, 2.05) is 56.3 Å². The van der Waals surface area contributed by atoms with Gasteiger partial charge in [-0.25, -0.2) is 5.43 Å². The van der Waals surface area contributed by atoms with E-state index in [0.29, 0.717) is 42.6 Å². The zero-order chi connectivity index (χ0) is 23.6. The maximum Gasteiger partial charge on any atom is 0.271 e. The van der Waals surface area contributed by atoms with Crippen molar-refractivity contribution in [2.24, 2.45) is 5.10 Å². The Labute approximate surface area is 210 Å². The first-order valence-electron chi connectivity index (χ1n) is 10.4. The van der Waals surface area contributed by atoms with E-state index < -0.39 is 0 Å². The number of carbonyl (C=O) groups excluding carboxylic acids is 1. The second-order valence-electron chi connectivity index (χ2n) is 6.81. The molecular formula is C25H24Br2N2O4. The number of benzene rings is 3. The number of nitrogens with zero attached hydrogens (tertiary/aromatic N) is 1. The average Bonchev–Trinajstić information content (AvgIpc) is 2.81. The van der Waals surface area contributed by atoms with Crippen molar-refractivity contribution in [3.05, 3.63) is 86.3 Å². The Hall–Kier alpha value is -2.84. The molecule has 0 aliphatic rings. The lowest BCUT2D eigenvalue weighted by Gasteiger charge is -2.13. The molecule has 1 N–H and O–H groups in total. The summed E-state index contributed by atoms with van der Waals surface area (Å²) in [5.41, 5.74) is 4.72. The van der Waals surface area contributed by atoms with Crippen LogP contribution in [0.3, 0.4) is 0 Å². The Morgan fingerprint density at radius 2 is 1.70 bits per heavy atom. The van der Waals surface area contributed by atoms with Gasteiger partial charge < -0.3 is 14.2 Å². The van der Waals surface area contributed by atoms with Crippen molar-refractivity contribution < 1.29 is 19.0 Å². The lowest BCUT2D eigenvalue weighted by Crippen LogP contribution is -2.18. The average molecular weight is 576 g/mol. The third kappa shape index (κ3) is 7.07. The topological polar surface area (TPSA) is 69.2 Å². The second-order valence-corrected chi connectivity index (χ2v) is 8.58. The number of ether oxygens (including phenoxy) is 3. The first-order valence-corrected chi connectivity index (χ1v) is 12.0. The molecule has 0 aliphatic heterocycles. The molecule has 0 unspecified atom stereocenters. The number of carbonyl (C=O) groups is 1. The zero-order valence-corrected chi connectivity index (χ0v) is 21.5. The van der Waals surface area contributed by atoms with Crippen LogP contribution in [0.4, 0.5) is 0 Å². The van der Waals surface area contributed by atoms with Gasteiger partial charge in [0.2, 0.25) is 0 Å². The van der Waals surface area contributed by atoms with Gasteiger partial charge in [-0.05, 0) is 65.7 Å². The van der Waals surface area contributed by atoms with Gasteiger partial charge >= 0.3 is 0 Å². The number of hydrogen-bond acceptors (Lipinski definition) is 5. The van der Waals surface area contributed by atoms with Gasteiger partial charge in [-0.1, -0.05) is 46.3 Å². The van der Waals surface area contributed by atoms with E-state index in [0.717, 1.165) is 20.1 Å². The smallest absolute Gasteiger partial charge is 0.271 e. The van der Waals surface area contributed by atoms with Crippen LogP contribution in [0.1, 0.15) is 35.3 Å². The zero-order valence-electron chi connectivity index (χ0n) is 18.3. The van der Waals surface area contributed by atoms with Crippen LogP contribution in [0.15, 0.2) is 74.7 Å². The van der Waals surface area contributed by atoms with E-state index in [9.17, 15) is 4.79 Å². The quantitative estimate of drug-likeness (QED) is 0.226. The van der Waals surface area contributed by atoms with Gasteiger partial charge in [0, 0.05) is 15.6 Å². The van der Waals surface area contributed by atoms with Crippen LogP contribution in [0.5, 0.6) is 17.2 Å². The molecule has 3 aromatic rings. The maximum absolute atomic E-state index is 12.7. The summed E-state index contributed by atoms with van der Waals surface area (Å²) in [5, 5.41) is 4.10. The number of nitrogens with one attached hydrogen (secondary N) is 1. The summed E-state index contributed by atoms with van der Waals surface area (Å²) in [6.45, 7) is 5.14. The molecule has 0 heterocycles. The second kappa shape index (κ2) is 12.4. The third-order valence-electron chi connectivity index (χ3n) is 4.44. The van der Waals surface area contributed by atoms with Crippen LogP contribution >= 0.6 is 31.9 Å². The van der Waals surface area contributed by atoms with Crippen LogP contribution in [0, 0.1) is 0 Å². The molecule has 0 spiro atoms. The minimum absolute atomic E-state index is 0.367. The Morgan fingerprint density at radius 1 is 0.939 bits per heavy atom. The Kier molecular flexibility index (Phi) is 9.33. The third-order valence-corrected chi connectivity index (χ3v) is 5.49. The number of hydrazone groups is 1. The lowest BCUT2D eigenvalue weighted by molar-refractivity contribution is 0.0954. The van der Waals surface area contributed by atoms with E-state index in [1.54, 1.807) is 24.4 Å². The number of rotatable bonds is 10. The molecule has 8 heteroatoms. The summed E-state index contributed by atoms with van der Waals surface area (Å²) in [6, 6.07) is 18.6.